The molecular formula is C22H32N6O3S. The number of rotatable bonds is 11. The van der Waals surface area contributed by atoms with E-state index in [-0.39, 0.29) is 12.3 Å². The SMILES string of the molecule is CCCCCn1c(CCC(=O)Nc2nc(C)c(C)s2)nc2c1c(=O)[nH]c(=O)n2CCCC. The van der Waals surface area contributed by atoms with Crippen LogP contribution < -0.4 is 16.6 Å². The van der Waals surface area contributed by atoms with E-state index in [0.717, 1.165) is 42.7 Å². The third-order valence-corrected chi connectivity index (χ3v) is 6.52. The molecule has 0 saturated heterocycles. The smallest absolute Gasteiger partial charge is 0.322 e. The number of nitrogens with one attached hydrogen (secondary N) is 2. The predicted molar refractivity (Wildman–Crippen MR) is 128 cm³/mol. The molecule has 2 N–H and O–H groups in total. The van der Waals surface area contributed by atoms with E-state index in [9.17, 15) is 14.4 Å². The van der Waals surface area contributed by atoms with Crippen LogP contribution in [-0.4, -0.2) is 30.0 Å². The molecule has 0 aliphatic carbocycles. The summed E-state index contributed by atoms with van der Waals surface area (Å²) in [6.45, 7) is 9.17. The minimum absolute atomic E-state index is 0.150. The van der Waals surface area contributed by atoms with E-state index < -0.39 is 11.2 Å². The minimum atomic E-state index is -0.437. The minimum Gasteiger partial charge on any atom is -0.322 e. The van der Waals surface area contributed by atoms with Crippen molar-refractivity contribution in [2.45, 2.75) is 85.7 Å². The second kappa shape index (κ2) is 10.7. The van der Waals surface area contributed by atoms with E-state index in [1.807, 2.05) is 25.3 Å². The molecule has 0 fully saturated rings. The Labute approximate surface area is 190 Å². The monoisotopic (exact) mass is 460 g/mol. The molecule has 0 saturated carbocycles. The quantitative estimate of drug-likeness (QED) is 0.425. The highest BCUT2D eigenvalue weighted by Crippen LogP contribution is 2.21. The van der Waals surface area contributed by atoms with Crippen molar-refractivity contribution in [1.82, 2.24) is 24.1 Å². The largest absolute Gasteiger partial charge is 0.330 e. The summed E-state index contributed by atoms with van der Waals surface area (Å²) >= 11 is 1.45. The van der Waals surface area contributed by atoms with Gasteiger partial charge in [-0.3, -0.25) is 19.1 Å². The van der Waals surface area contributed by atoms with Crippen molar-refractivity contribution < 1.29 is 4.79 Å². The number of H-pyrrole nitrogens is 1. The van der Waals surface area contributed by atoms with Crippen LogP contribution in [0.4, 0.5) is 5.13 Å². The molecule has 0 bridgehead atoms. The van der Waals surface area contributed by atoms with Gasteiger partial charge < -0.3 is 9.88 Å². The third-order valence-electron chi connectivity index (χ3n) is 5.54. The van der Waals surface area contributed by atoms with Gasteiger partial charge >= 0.3 is 5.69 Å². The van der Waals surface area contributed by atoms with Crippen LogP contribution in [0.15, 0.2) is 9.59 Å². The maximum Gasteiger partial charge on any atom is 0.330 e. The molecule has 0 spiro atoms. The molecule has 0 radical (unpaired) electrons. The number of aromatic amines is 1. The molecule has 3 rings (SSSR count). The van der Waals surface area contributed by atoms with Gasteiger partial charge in [0.25, 0.3) is 5.56 Å². The van der Waals surface area contributed by atoms with Crippen molar-refractivity contribution in [3.8, 4) is 0 Å². The van der Waals surface area contributed by atoms with Gasteiger partial charge in [-0.05, 0) is 26.7 Å². The van der Waals surface area contributed by atoms with Gasteiger partial charge in [-0.15, -0.1) is 11.3 Å². The van der Waals surface area contributed by atoms with Gasteiger partial charge in [0.2, 0.25) is 5.91 Å². The normalized spacial score (nSPS) is 11.4. The van der Waals surface area contributed by atoms with Crippen LogP contribution in [0.2, 0.25) is 0 Å². The molecule has 0 atom stereocenters. The zero-order valence-corrected chi connectivity index (χ0v) is 20.1. The molecule has 0 aromatic carbocycles. The Bertz CT molecular complexity index is 1180. The number of aromatic nitrogens is 5. The summed E-state index contributed by atoms with van der Waals surface area (Å²) in [5, 5.41) is 3.44. The predicted octanol–water partition coefficient (Wildman–Crippen LogP) is 3.52. The van der Waals surface area contributed by atoms with Gasteiger partial charge in [-0.1, -0.05) is 33.1 Å². The van der Waals surface area contributed by atoms with E-state index in [4.69, 9.17) is 0 Å². The van der Waals surface area contributed by atoms with E-state index in [1.165, 1.54) is 11.3 Å². The highest BCUT2D eigenvalue weighted by atomic mass is 32.1. The van der Waals surface area contributed by atoms with E-state index in [1.54, 1.807) is 4.57 Å². The number of aryl methyl sites for hydroxylation is 5. The van der Waals surface area contributed by atoms with Crippen molar-refractivity contribution in [2.24, 2.45) is 0 Å². The summed E-state index contributed by atoms with van der Waals surface area (Å²) in [7, 11) is 0. The van der Waals surface area contributed by atoms with Crippen molar-refractivity contribution in [3.63, 3.8) is 0 Å². The van der Waals surface area contributed by atoms with Crippen LogP contribution in [0.25, 0.3) is 11.2 Å². The fraction of sp³-hybridized carbons (Fsp3) is 0.591. The lowest BCUT2D eigenvalue weighted by atomic mass is 10.2. The molecule has 3 aromatic heterocycles. The number of hydrogen-bond acceptors (Lipinski definition) is 6. The fourth-order valence-corrected chi connectivity index (χ4v) is 4.46. The summed E-state index contributed by atoms with van der Waals surface area (Å²) in [5.41, 5.74) is 0.870. The Kier molecular flexibility index (Phi) is 8.00. The highest BCUT2D eigenvalue weighted by Gasteiger charge is 2.19. The van der Waals surface area contributed by atoms with Crippen molar-refractivity contribution >= 4 is 33.5 Å². The van der Waals surface area contributed by atoms with Crippen LogP contribution in [0.1, 0.15) is 68.8 Å². The first-order valence-corrected chi connectivity index (χ1v) is 12.1. The Morgan fingerprint density at radius 2 is 1.75 bits per heavy atom. The van der Waals surface area contributed by atoms with Crippen molar-refractivity contribution in [3.05, 3.63) is 37.2 Å². The topological polar surface area (TPSA) is 115 Å². The Balaban J connectivity index is 1.90. The molecule has 0 aliphatic heterocycles. The van der Waals surface area contributed by atoms with Crippen LogP contribution in [0.5, 0.6) is 0 Å². The lowest BCUT2D eigenvalue weighted by Crippen LogP contribution is -2.31. The van der Waals surface area contributed by atoms with Crippen LogP contribution in [-0.2, 0) is 24.3 Å². The molecule has 3 heterocycles. The molecule has 3 aromatic rings. The number of imidazole rings is 1. The van der Waals surface area contributed by atoms with Crippen molar-refractivity contribution in [1.29, 1.82) is 0 Å². The van der Waals surface area contributed by atoms with E-state index in [0.29, 0.717) is 41.6 Å². The number of nitrogens with zero attached hydrogens (tertiary/aromatic N) is 4. The van der Waals surface area contributed by atoms with Gasteiger partial charge in [-0.2, -0.15) is 0 Å². The highest BCUT2D eigenvalue weighted by molar-refractivity contribution is 7.15. The Hall–Kier alpha value is -2.75. The zero-order chi connectivity index (χ0) is 23.3. The summed E-state index contributed by atoms with van der Waals surface area (Å²) < 4.78 is 3.43. The standard InChI is InChI=1S/C22H32N6O3S/c1-5-7-9-13-27-16(10-11-17(29)25-21-23-14(3)15(4)32-21)24-19-18(27)20(30)26-22(31)28(19)12-8-6-2/h5-13H2,1-4H3,(H,23,25,29)(H,26,30,31). The first kappa shape index (κ1) is 23.9. The maximum absolute atomic E-state index is 12.7. The Morgan fingerprint density at radius 1 is 1.03 bits per heavy atom. The maximum atomic E-state index is 12.7. The summed E-state index contributed by atoms with van der Waals surface area (Å²) in [5.74, 6) is 0.502. The summed E-state index contributed by atoms with van der Waals surface area (Å²) in [6.07, 6.45) is 5.29. The number of carbonyl (C=O) groups is 1. The average molecular weight is 461 g/mol. The molecule has 1 amide bonds. The molecule has 0 unspecified atom stereocenters. The number of carbonyl (C=O) groups excluding carboxylic acids is 1. The van der Waals surface area contributed by atoms with Crippen LogP contribution in [0, 0.1) is 13.8 Å². The number of hydrogen-bond donors (Lipinski definition) is 2. The molecule has 0 aliphatic rings. The summed E-state index contributed by atoms with van der Waals surface area (Å²) in [4.78, 5) is 50.2. The number of amides is 1. The van der Waals surface area contributed by atoms with E-state index >= 15 is 0 Å². The Morgan fingerprint density at radius 3 is 2.41 bits per heavy atom. The second-order valence-corrected chi connectivity index (χ2v) is 9.24. The number of unbranched alkanes of at least 4 members (excludes halogenated alkanes) is 3. The number of thiazole rings is 1. The third kappa shape index (κ3) is 5.35. The van der Waals surface area contributed by atoms with Gasteiger partial charge in [0.05, 0.1) is 5.69 Å². The van der Waals surface area contributed by atoms with E-state index in [2.05, 4.69) is 27.2 Å². The van der Waals surface area contributed by atoms with Crippen molar-refractivity contribution in [2.75, 3.05) is 5.32 Å². The number of anilines is 1. The zero-order valence-electron chi connectivity index (χ0n) is 19.3. The molecule has 10 heteroatoms. The second-order valence-electron chi connectivity index (χ2n) is 8.03. The molecule has 174 valence electrons. The van der Waals surface area contributed by atoms with Gasteiger partial charge in [0.1, 0.15) is 5.82 Å². The lowest BCUT2D eigenvalue weighted by Gasteiger charge is -2.09. The molecule has 9 nitrogen and oxygen atoms in total. The van der Waals surface area contributed by atoms with Gasteiger partial charge in [0, 0.05) is 30.8 Å². The number of fused-ring (bicyclic) bond motifs is 1. The van der Waals surface area contributed by atoms with Gasteiger partial charge in [0.15, 0.2) is 16.3 Å². The van der Waals surface area contributed by atoms with Crippen LogP contribution >= 0.6 is 11.3 Å². The van der Waals surface area contributed by atoms with Crippen LogP contribution in [0.3, 0.4) is 0 Å². The first-order chi connectivity index (χ1) is 15.3. The first-order valence-electron chi connectivity index (χ1n) is 11.3. The average Bonchev–Trinajstić information content (AvgIpc) is 3.26. The van der Waals surface area contributed by atoms with Gasteiger partial charge in [-0.25, -0.2) is 14.8 Å². The molecular weight excluding hydrogens is 428 g/mol. The fourth-order valence-electron chi connectivity index (χ4n) is 3.63. The lowest BCUT2D eigenvalue weighted by molar-refractivity contribution is -0.116. The summed E-state index contributed by atoms with van der Waals surface area (Å²) in [6, 6.07) is 0. The molecule has 32 heavy (non-hydrogen) atoms.